The van der Waals surface area contributed by atoms with Gasteiger partial charge in [-0.1, -0.05) is 63.2 Å². The van der Waals surface area contributed by atoms with Gasteiger partial charge >= 0.3 is 0 Å². The highest BCUT2D eigenvalue weighted by Crippen LogP contribution is 2.21. The molecule has 6 nitrogen and oxygen atoms in total. The molecule has 2 amide bonds. The van der Waals surface area contributed by atoms with Crippen molar-refractivity contribution in [2.24, 2.45) is 5.41 Å². The van der Waals surface area contributed by atoms with Crippen molar-refractivity contribution in [2.75, 3.05) is 6.61 Å². The van der Waals surface area contributed by atoms with Crippen molar-refractivity contribution in [1.82, 2.24) is 16.2 Å². The van der Waals surface area contributed by atoms with Crippen LogP contribution in [0.3, 0.4) is 0 Å². The van der Waals surface area contributed by atoms with Gasteiger partial charge in [0.25, 0.3) is 5.91 Å². The minimum atomic E-state index is -0.579. The van der Waals surface area contributed by atoms with Gasteiger partial charge in [-0.25, -0.2) is 0 Å². The molecule has 0 aromatic heterocycles. The smallest absolute Gasteiger partial charge is 0.276 e. The minimum Gasteiger partial charge on any atom is -0.484 e. The second kappa shape index (κ2) is 9.14. The van der Waals surface area contributed by atoms with E-state index in [0.717, 1.165) is 11.1 Å². The van der Waals surface area contributed by atoms with Gasteiger partial charge in [-0.2, -0.15) is 0 Å². The second-order valence-electron chi connectivity index (χ2n) is 6.89. The Morgan fingerprint density at radius 2 is 1.52 bits per heavy atom. The molecule has 0 saturated carbocycles. The molecule has 3 N–H and O–H groups in total. The second-order valence-corrected chi connectivity index (χ2v) is 7.29. The summed E-state index contributed by atoms with van der Waals surface area (Å²) in [5.41, 5.74) is 6.44. The number of carbonyl (C=O) groups excluding carboxylic acids is 2. The molecule has 27 heavy (non-hydrogen) atoms. The first kappa shape index (κ1) is 20.4. The zero-order valence-corrected chi connectivity index (χ0v) is 16.4. The Morgan fingerprint density at radius 3 is 2.11 bits per heavy atom. The first-order valence-corrected chi connectivity index (χ1v) is 8.85. The number of benzene rings is 2. The van der Waals surface area contributed by atoms with Gasteiger partial charge in [0, 0.05) is 5.41 Å². The van der Waals surface area contributed by atoms with Gasteiger partial charge in [-0.3, -0.25) is 20.4 Å². The summed E-state index contributed by atoms with van der Waals surface area (Å²) in [6.07, 6.45) is 0. The summed E-state index contributed by atoms with van der Waals surface area (Å²) < 4.78 is 5.44. The van der Waals surface area contributed by atoms with E-state index in [0.29, 0.717) is 5.75 Å². The Balaban J connectivity index is 1.75. The first-order valence-electron chi connectivity index (χ1n) is 8.44. The van der Waals surface area contributed by atoms with Crippen LogP contribution in [0.1, 0.15) is 20.8 Å². The lowest BCUT2D eigenvalue weighted by atomic mass is 9.96. The van der Waals surface area contributed by atoms with Crippen molar-refractivity contribution in [3.8, 4) is 16.9 Å². The highest BCUT2D eigenvalue weighted by molar-refractivity contribution is 7.80. The predicted octanol–water partition coefficient (Wildman–Crippen LogP) is 2.80. The fourth-order valence-electron chi connectivity index (χ4n) is 2.01. The molecule has 2 rings (SSSR count). The maximum atomic E-state index is 11.8. The number of nitrogens with one attached hydrogen (secondary N) is 3. The molecule has 142 valence electrons. The van der Waals surface area contributed by atoms with Crippen LogP contribution in [0.4, 0.5) is 0 Å². The molecule has 0 aliphatic carbocycles. The van der Waals surface area contributed by atoms with E-state index in [-0.39, 0.29) is 17.6 Å². The SMILES string of the molecule is CC(C)(C)C(=O)NC(=S)NNC(=O)COc1ccc(-c2ccccc2)cc1. The van der Waals surface area contributed by atoms with Crippen LogP contribution in [0.2, 0.25) is 0 Å². The topological polar surface area (TPSA) is 79.5 Å². The Bertz CT molecular complexity index is 799. The normalized spacial score (nSPS) is 10.6. The van der Waals surface area contributed by atoms with Crippen molar-refractivity contribution in [3.63, 3.8) is 0 Å². The first-order chi connectivity index (χ1) is 12.8. The number of hydrogen-bond acceptors (Lipinski definition) is 4. The van der Waals surface area contributed by atoms with Crippen LogP contribution in [0.25, 0.3) is 11.1 Å². The van der Waals surface area contributed by atoms with Crippen molar-refractivity contribution < 1.29 is 14.3 Å². The van der Waals surface area contributed by atoms with Gasteiger partial charge in [-0.15, -0.1) is 0 Å². The molecule has 0 radical (unpaired) electrons. The van der Waals surface area contributed by atoms with Crippen LogP contribution < -0.4 is 20.9 Å². The van der Waals surface area contributed by atoms with Crippen LogP contribution in [0, 0.1) is 5.41 Å². The Labute approximate surface area is 164 Å². The van der Waals surface area contributed by atoms with Crippen LogP contribution in [0.5, 0.6) is 5.75 Å². The summed E-state index contributed by atoms with van der Waals surface area (Å²) >= 11 is 4.96. The monoisotopic (exact) mass is 385 g/mol. The molecule has 2 aromatic rings. The summed E-state index contributed by atoms with van der Waals surface area (Å²) in [5.74, 6) is -0.0908. The van der Waals surface area contributed by atoms with E-state index in [1.54, 1.807) is 32.9 Å². The number of carbonyl (C=O) groups is 2. The van der Waals surface area contributed by atoms with Gasteiger partial charge in [-0.05, 0) is 35.5 Å². The summed E-state index contributed by atoms with van der Waals surface area (Å²) in [4.78, 5) is 23.6. The van der Waals surface area contributed by atoms with Crippen molar-refractivity contribution in [1.29, 1.82) is 0 Å². The molecular weight excluding hydrogens is 362 g/mol. The number of amides is 2. The molecule has 0 atom stereocenters. The van der Waals surface area contributed by atoms with E-state index in [4.69, 9.17) is 17.0 Å². The molecule has 0 aliphatic heterocycles. The average Bonchev–Trinajstić information content (AvgIpc) is 2.65. The van der Waals surface area contributed by atoms with E-state index >= 15 is 0 Å². The van der Waals surface area contributed by atoms with E-state index < -0.39 is 11.3 Å². The van der Waals surface area contributed by atoms with E-state index in [9.17, 15) is 9.59 Å². The van der Waals surface area contributed by atoms with Gasteiger partial charge in [0.2, 0.25) is 5.91 Å². The largest absolute Gasteiger partial charge is 0.484 e. The fraction of sp³-hybridized carbons (Fsp3) is 0.250. The molecule has 0 fully saturated rings. The van der Waals surface area contributed by atoms with Crippen LogP contribution >= 0.6 is 12.2 Å². The lowest BCUT2D eigenvalue weighted by Gasteiger charge is -2.18. The van der Waals surface area contributed by atoms with E-state index in [1.165, 1.54) is 0 Å². The molecule has 0 heterocycles. The summed E-state index contributed by atoms with van der Waals surface area (Å²) in [6, 6.07) is 17.4. The number of rotatable bonds is 4. The van der Waals surface area contributed by atoms with Gasteiger partial charge in [0.1, 0.15) is 5.75 Å². The lowest BCUT2D eigenvalue weighted by molar-refractivity contribution is -0.127. The summed E-state index contributed by atoms with van der Waals surface area (Å²) in [7, 11) is 0. The molecular formula is C20H23N3O3S. The third kappa shape index (κ3) is 6.71. The number of hydrazine groups is 1. The minimum absolute atomic E-state index is 0.0236. The maximum absolute atomic E-state index is 11.8. The molecule has 7 heteroatoms. The van der Waals surface area contributed by atoms with E-state index in [2.05, 4.69) is 16.2 Å². The van der Waals surface area contributed by atoms with Crippen molar-refractivity contribution >= 4 is 29.1 Å². The van der Waals surface area contributed by atoms with Crippen molar-refractivity contribution in [2.45, 2.75) is 20.8 Å². The van der Waals surface area contributed by atoms with Crippen molar-refractivity contribution in [3.05, 3.63) is 54.6 Å². The molecule has 2 aromatic carbocycles. The standard InChI is InChI=1S/C20H23N3O3S/c1-20(2,3)18(25)21-19(27)23-22-17(24)13-26-16-11-9-15(10-12-16)14-7-5-4-6-8-14/h4-12H,13H2,1-3H3,(H,22,24)(H2,21,23,25,27). The number of hydrogen-bond donors (Lipinski definition) is 3. The maximum Gasteiger partial charge on any atom is 0.276 e. The Hall–Kier alpha value is -2.93. The predicted molar refractivity (Wildman–Crippen MR) is 109 cm³/mol. The molecule has 0 spiro atoms. The van der Waals surface area contributed by atoms with Crippen LogP contribution in [-0.2, 0) is 9.59 Å². The Morgan fingerprint density at radius 1 is 0.926 bits per heavy atom. The zero-order valence-electron chi connectivity index (χ0n) is 15.5. The van der Waals surface area contributed by atoms with Gasteiger partial charge < -0.3 is 10.1 Å². The lowest BCUT2D eigenvalue weighted by Crippen LogP contribution is -2.51. The van der Waals surface area contributed by atoms with Gasteiger partial charge in [0.15, 0.2) is 11.7 Å². The highest BCUT2D eigenvalue weighted by Gasteiger charge is 2.22. The van der Waals surface area contributed by atoms with Gasteiger partial charge in [0.05, 0.1) is 0 Å². The molecule has 0 bridgehead atoms. The summed E-state index contributed by atoms with van der Waals surface area (Å²) in [5, 5.41) is 2.52. The zero-order chi connectivity index (χ0) is 19.9. The molecule has 0 saturated heterocycles. The van der Waals surface area contributed by atoms with E-state index in [1.807, 2.05) is 42.5 Å². The highest BCUT2D eigenvalue weighted by atomic mass is 32.1. The number of thiocarbonyl (C=S) groups is 1. The van der Waals surface area contributed by atoms with Crippen LogP contribution in [0.15, 0.2) is 54.6 Å². The van der Waals surface area contributed by atoms with Crippen LogP contribution in [-0.4, -0.2) is 23.5 Å². The average molecular weight is 385 g/mol. The fourth-order valence-corrected chi connectivity index (χ4v) is 2.15. The third-order valence-electron chi connectivity index (χ3n) is 3.56. The summed E-state index contributed by atoms with van der Waals surface area (Å²) in [6.45, 7) is 5.11. The quantitative estimate of drug-likeness (QED) is 0.557. The third-order valence-corrected chi connectivity index (χ3v) is 3.76. The Kier molecular flexibility index (Phi) is 6.90. The molecule has 0 unspecified atom stereocenters. The molecule has 0 aliphatic rings. The number of ether oxygens (including phenoxy) is 1.